The molecule has 0 bridgehead atoms. The molecule has 0 spiro atoms. The van der Waals surface area contributed by atoms with E-state index in [4.69, 9.17) is 4.74 Å². The molecule has 1 unspecified atom stereocenters. The van der Waals surface area contributed by atoms with Gasteiger partial charge < -0.3 is 9.84 Å². The Balaban J connectivity index is 2.54. The fourth-order valence-electron chi connectivity index (χ4n) is 2.30. The number of hydrogen-bond acceptors (Lipinski definition) is 2. The molecule has 1 atom stereocenters. The third-order valence-corrected chi connectivity index (χ3v) is 3.03. The lowest BCUT2D eigenvalue weighted by molar-refractivity contribution is 0.155. The van der Waals surface area contributed by atoms with E-state index in [1.807, 2.05) is 13.0 Å². The second kappa shape index (κ2) is 3.62. The molecule has 1 N–H and O–H groups in total. The summed E-state index contributed by atoms with van der Waals surface area (Å²) in [6.07, 6.45) is 2.74. The molecule has 0 aliphatic heterocycles. The topological polar surface area (TPSA) is 29.5 Å². The van der Waals surface area contributed by atoms with Gasteiger partial charge >= 0.3 is 0 Å². The van der Waals surface area contributed by atoms with Crippen molar-refractivity contribution in [2.75, 3.05) is 7.11 Å². The maximum atomic E-state index is 9.91. The number of ether oxygens (including phenoxy) is 1. The summed E-state index contributed by atoms with van der Waals surface area (Å²) in [5.41, 5.74) is 3.47. The summed E-state index contributed by atoms with van der Waals surface area (Å²) in [6, 6.07) is 4.07. The molecule has 1 aromatic carbocycles. The van der Waals surface area contributed by atoms with E-state index in [1.54, 1.807) is 7.11 Å². The Morgan fingerprint density at radius 1 is 1.43 bits per heavy atom. The van der Waals surface area contributed by atoms with Crippen LogP contribution in [0.4, 0.5) is 0 Å². The predicted octanol–water partition coefficient (Wildman–Crippen LogP) is 2.37. The van der Waals surface area contributed by atoms with E-state index in [9.17, 15) is 5.11 Å². The smallest absolute Gasteiger partial charge is 0.122 e. The summed E-state index contributed by atoms with van der Waals surface area (Å²) >= 11 is 0. The molecule has 0 amide bonds. The quantitative estimate of drug-likeness (QED) is 0.740. The van der Waals surface area contributed by atoms with Crippen molar-refractivity contribution in [1.29, 1.82) is 0 Å². The van der Waals surface area contributed by atoms with Crippen LogP contribution in [0.15, 0.2) is 12.1 Å². The molecule has 0 fully saturated rings. The molecule has 0 radical (unpaired) electrons. The summed E-state index contributed by atoms with van der Waals surface area (Å²) in [4.78, 5) is 0. The Labute approximate surface area is 84.5 Å². The van der Waals surface area contributed by atoms with Crippen LogP contribution in [-0.4, -0.2) is 12.2 Å². The highest BCUT2D eigenvalue weighted by Gasteiger charge is 2.21. The SMILES string of the molecule is COc1ccc2c(c1C)C(O)CCC2. The summed E-state index contributed by atoms with van der Waals surface area (Å²) in [5, 5.41) is 9.91. The molecule has 0 aromatic heterocycles. The zero-order chi connectivity index (χ0) is 10.1. The number of aliphatic hydroxyl groups is 1. The fourth-order valence-corrected chi connectivity index (χ4v) is 2.30. The number of aliphatic hydroxyl groups excluding tert-OH is 1. The van der Waals surface area contributed by atoms with Gasteiger partial charge in [0.05, 0.1) is 13.2 Å². The van der Waals surface area contributed by atoms with Crippen molar-refractivity contribution in [2.45, 2.75) is 32.3 Å². The zero-order valence-corrected chi connectivity index (χ0v) is 8.71. The molecule has 1 aliphatic rings. The van der Waals surface area contributed by atoms with E-state index >= 15 is 0 Å². The Morgan fingerprint density at radius 3 is 2.93 bits per heavy atom. The van der Waals surface area contributed by atoms with Crippen molar-refractivity contribution in [3.8, 4) is 5.75 Å². The van der Waals surface area contributed by atoms with Gasteiger partial charge in [-0.25, -0.2) is 0 Å². The van der Waals surface area contributed by atoms with E-state index in [1.165, 1.54) is 5.56 Å². The van der Waals surface area contributed by atoms with Crippen LogP contribution < -0.4 is 4.74 Å². The van der Waals surface area contributed by atoms with Crippen molar-refractivity contribution in [2.24, 2.45) is 0 Å². The van der Waals surface area contributed by atoms with Gasteiger partial charge in [-0.2, -0.15) is 0 Å². The van der Waals surface area contributed by atoms with Crippen LogP contribution in [-0.2, 0) is 6.42 Å². The van der Waals surface area contributed by atoms with Gasteiger partial charge in [-0.1, -0.05) is 6.07 Å². The molecule has 2 rings (SSSR count). The number of hydrogen-bond donors (Lipinski definition) is 1. The van der Waals surface area contributed by atoms with E-state index in [-0.39, 0.29) is 6.10 Å². The summed E-state index contributed by atoms with van der Waals surface area (Å²) < 4.78 is 5.25. The van der Waals surface area contributed by atoms with E-state index < -0.39 is 0 Å². The van der Waals surface area contributed by atoms with Gasteiger partial charge in [0, 0.05) is 0 Å². The minimum Gasteiger partial charge on any atom is -0.496 e. The molecule has 1 aromatic rings. The van der Waals surface area contributed by atoms with Gasteiger partial charge in [-0.15, -0.1) is 0 Å². The molecule has 2 nitrogen and oxygen atoms in total. The van der Waals surface area contributed by atoms with Gasteiger partial charge in [0.2, 0.25) is 0 Å². The summed E-state index contributed by atoms with van der Waals surface area (Å²) in [6.45, 7) is 2.02. The third-order valence-electron chi connectivity index (χ3n) is 3.03. The number of methoxy groups -OCH3 is 1. The van der Waals surface area contributed by atoms with Crippen molar-refractivity contribution >= 4 is 0 Å². The largest absolute Gasteiger partial charge is 0.496 e. The molecule has 76 valence electrons. The van der Waals surface area contributed by atoms with Crippen LogP contribution in [0.2, 0.25) is 0 Å². The maximum absolute atomic E-state index is 9.91. The van der Waals surface area contributed by atoms with Gasteiger partial charge in [0.25, 0.3) is 0 Å². The zero-order valence-electron chi connectivity index (χ0n) is 8.71. The lowest BCUT2D eigenvalue weighted by Gasteiger charge is -2.24. The lowest BCUT2D eigenvalue weighted by atomic mass is 9.86. The summed E-state index contributed by atoms with van der Waals surface area (Å²) in [5.74, 6) is 0.879. The normalized spacial score (nSPS) is 20.4. The predicted molar refractivity (Wildman–Crippen MR) is 55.6 cm³/mol. The molecule has 1 aliphatic carbocycles. The number of benzene rings is 1. The second-order valence-electron chi connectivity index (χ2n) is 3.87. The second-order valence-corrected chi connectivity index (χ2v) is 3.87. The van der Waals surface area contributed by atoms with E-state index in [0.29, 0.717) is 0 Å². The van der Waals surface area contributed by atoms with Crippen molar-refractivity contribution in [3.63, 3.8) is 0 Å². The summed E-state index contributed by atoms with van der Waals surface area (Å²) in [7, 11) is 1.67. The lowest BCUT2D eigenvalue weighted by Crippen LogP contribution is -2.11. The fraction of sp³-hybridized carbons (Fsp3) is 0.500. The highest BCUT2D eigenvalue weighted by molar-refractivity contribution is 5.46. The van der Waals surface area contributed by atoms with Crippen LogP contribution in [0.25, 0.3) is 0 Å². The first-order valence-corrected chi connectivity index (χ1v) is 5.08. The minimum atomic E-state index is -0.297. The first-order valence-electron chi connectivity index (χ1n) is 5.08. The number of rotatable bonds is 1. The van der Waals surface area contributed by atoms with Crippen LogP contribution >= 0.6 is 0 Å². The Kier molecular flexibility index (Phi) is 2.46. The molecule has 2 heteroatoms. The molecule has 0 saturated carbocycles. The first kappa shape index (κ1) is 9.53. The average Bonchev–Trinajstić information content (AvgIpc) is 2.18. The standard InChI is InChI=1S/C12H16O2/c1-8-11(14-2)7-6-9-4-3-5-10(13)12(8)9/h6-7,10,13H,3-5H2,1-2H3. The van der Waals surface area contributed by atoms with Gasteiger partial charge in [0.1, 0.15) is 5.75 Å². The van der Waals surface area contributed by atoms with E-state index in [2.05, 4.69) is 6.07 Å². The number of aryl methyl sites for hydroxylation is 1. The third kappa shape index (κ3) is 1.40. The average molecular weight is 192 g/mol. The minimum absolute atomic E-state index is 0.297. The van der Waals surface area contributed by atoms with Gasteiger partial charge in [-0.05, 0) is 48.9 Å². The van der Waals surface area contributed by atoms with Crippen LogP contribution in [0.5, 0.6) is 5.75 Å². The van der Waals surface area contributed by atoms with Crippen LogP contribution in [0.3, 0.4) is 0 Å². The Morgan fingerprint density at radius 2 is 2.21 bits per heavy atom. The van der Waals surface area contributed by atoms with Crippen LogP contribution in [0.1, 0.15) is 35.6 Å². The molecular formula is C12H16O2. The molecule has 14 heavy (non-hydrogen) atoms. The van der Waals surface area contributed by atoms with Gasteiger partial charge in [-0.3, -0.25) is 0 Å². The molecule has 0 saturated heterocycles. The maximum Gasteiger partial charge on any atom is 0.122 e. The first-order chi connectivity index (χ1) is 6.74. The highest BCUT2D eigenvalue weighted by atomic mass is 16.5. The highest BCUT2D eigenvalue weighted by Crippen LogP contribution is 2.35. The Hall–Kier alpha value is -1.02. The van der Waals surface area contributed by atoms with Gasteiger partial charge in [0.15, 0.2) is 0 Å². The van der Waals surface area contributed by atoms with Crippen molar-refractivity contribution in [1.82, 2.24) is 0 Å². The molecular weight excluding hydrogens is 176 g/mol. The van der Waals surface area contributed by atoms with Crippen molar-refractivity contribution in [3.05, 3.63) is 28.8 Å². The monoisotopic (exact) mass is 192 g/mol. The van der Waals surface area contributed by atoms with Crippen LogP contribution in [0, 0.1) is 6.92 Å². The van der Waals surface area contributed by atoms with Crippen molar-refractivity contribution < 1.29 is 9.84 Å². The Bertz CT molecular complexity index is 344. The van der Waals surface area contributed by atoms with E-state index in [0.717, 1.165) is 36.1 Å². The number of fused-ring (bicyclic) bond motifs is 1. The molecule has 0 heterocycles.